The van der Waals surface area contributed by atoms with Gasteiger partial charge in [0.15, 0.2) is 0 Å². The minimum absolute atomic E-state index is 0.0455. The Bertz CT molecular complexity index is 731. The summed E-state index contributed by atoms with van der Waals surface area (Å²) in [5, 5.41) is 6.97. The fourth-order valence-electron chi connectivity index (χ4n) is 2.79. The molecule has 0 fully saturated rings. The highest BCUT2D eigenvalue weighted by molar-refractivity contribution is 5.74. The van der Waals surface area contributed by atoms with Gasteiger partial charge in [0.25, 0.3) is 6.43 Å². The number of aryl methyl sites for hydroxylation is 1. The summed E-state index contributed by atoms with van der Waals surface area (Å²) < 4.78 is 27.2. The Hall–Kier alpha value is -2.64. The summed E-state index contributed by atoms with van der Waals surface area (Å²) >= 11 is 0. The van der Waals surface area contributed by atoms with Crippen molar-refractivity contribution >= 4 is 11.8 Å². The molecular weight excluding hydrogens is 316 g/mol. The van der Waals surface area contributed by atoms with Crippen LogP contribution in [-0.4, -0.2) is 27.3 Å². The van der Waals surface area contributed by atoms with E-state index in [1.54, 1.807) is 23.1 Å². The normalized spacial score (nSPS) is 14.4. The fourth-order valence-corrected chi connectivity index (χ4v) is 2.79. The number of amides is 2. The topological polar surface area (TPSA) is 76.2 Å². The van der Waals surface area contributed by atoms with Gasteiger partial charge in [0.2, 0.25) is 0 Å². The van der Waals surface area contributed by atoms with Crippen molar-refractivity contribution in [1.29, 1.82) is 0 Å². The third-order valence-corrected chi connectivity index (χ3v) is 3.97. The van der Waals surface area contributed by atoms with Crippen LogP contribution in [0.25, 0.3) is 0 Å². The van der Waals surface area contributed by atoms with Gasteiger partial charge in [-0.3, -0.25) is 4.68 Å². The molecule has 2 aromatic rings. The van der Waals surface area contributed by atoms with Crippen molar-refractivity contribution < 1.29 is 13.6 Å². The zero-order valence-electron chi connectivity index (χ0n) is 13.1. The van der Waals surface area contributed by atoms with E-state index in [4.69, 9.17) is 5.73 Å². The number of nitrogens with one attached hydrogen (secondary N) is 1. The third-order valence-electron chi connectivity index (χ3n) is 3.97. The minimum Gasteiger partial charge on any atom is -0.382 e. The van der Waals surface area contributed by atoms with Gasteiger partial charge in [-0.2, -0.15) is 5.10 Å². The molecule has 0 unspecified atom stereocenters. The highest BCUT2D eigenvalue weighted by atomic mass is 19.3. The molecule has 1 aromatic heterocycles. The molecule has 0 aliphatic carbocycles. The molecule has 128 valence electrons. The molecule has 0 saturated carbocycles. The molecular formula is C16H19F2N5O. The first-order valence-electron chi connectivity index (χ1n) is 7.75. The van der Waals surface area contributed by atoms with E-state index in [1.165, 1.54) is 12.1 Å². The fraction of sp³-hybridized carbons (Fsp3) is 0.375. The van der Waals surface area contributed by atoms with Crippen LogP contribution in [0.15, 0.2) is 30.3 Å². The summed E-state index contributed by atoms with van der Waals surface area (Å²) in [7, 11) is 0. The first kappa shape index (κ1) is 16.2. The van der Waals surface area contributed by atoms with Crippen LogP contribution in [0.5, 0.6) is 0 Å². The number of hydrogen-bond acceptors (Lipinski definition) is 3. The molecule has 2 heterocycles. The Labute approximate surface area is 138 Å². The van der Waals surface area contributed by atoms with Crippen LogP contribution < -0.4 is 11.1 Å². The van der Waals surface area contributed by atoms with Crippen LogP contribution in [0.4, 0.5) is 19.4 Å². The lowest BCUT2D eigenvalue weighted by Crippen LogP contribution is -2.39. The van der Waals surface area contributed by atoms with Gasteiger partial charge in [0.1, 0.15) is 5.82 Å². The van der Waals surface area contributed by atoms with E-state index in [0.717, 1.165) is 12.1 Å². The lowest BCUT2D eigenvalue weighted by atomic mass is 10.1. The first-order valence-corrected chi connectivity index (χ1v) is 7.75. The summed E-state index contributed by atoms with van der Waals surface area (Å²) in [5.74, 6) is 0.441. The number of aromatic nitrogens is 2. The van der Waals surface area contributed by atoms with Crippen molar-refractivity contribution in [2.24, 2.45) is 0 Å². The Balaban J connectivity index is 1.62. The number of anilines is 1. The number of halogens is 2. The van der Waals surface area contributed by atoms with Gasteiger partial charge in [0.05, 0.1) is 12.2 Å². The predicted molar refractivity (Wildman–Crippen MR) is 85.3 cm³/mol. The Morgan fingerprint density at radius 1 is 1.33 bits per heavy atom. The molecule has 0 spiro atoms. The standard InChI is InChI=1S/C16H19F2N5O/c17-15(18)12-4-1-3-11(7-12)9-20-16(24)22-5-2-6-23-13(10-22)8-14(19)21-23/h1,3-4,7-8,15H,2,5-6,9-10H2,(H2,19,21)(H,20,24). The van der Waals surface area contributed by atoms with Crippen LogP contribution in [-0.2, 0) is 19.6 Å². The lowest BCUT2D eigenvalue weighted by Gasteiger charge is -2.20. The molecule has 3 N–H and O–H groups in total. The molecule has 3 rings (SSSR count). The Kier molecular flexibility index (Phi) is 4.64. The average molecular weight is 335 g/mol. The highest BCUT2D eigenvalue weighted by Gasteiger charge is 2.20. The van der Waals surface area contributed by atoms with E-state index in [1.807, 2.05) is 4.68 Å². The third kappa shape index (κ3) is 3.64. The van der Waals surface area contributed by atoms with Crippen molar-refractivity contribution in [3.05, 3.63) is 47.2 Å². The number of nitrogen functional groups attached to an aromatic ring is 1. The van der Waals surface area contributed by atoms with Crippen molar-refractivity contribution in [2.45, 2.75) is 32.5 Å². The van der Waals surface area contributed by atoms with Crippen molar-refractivity contribution in [1.82, 2.24) is 20.0 Å². The number of nitrogens with two attached hydrogens (primary N) is 1. The average Bonchev–Trinajstić information content (AvgIpc) is 2.79. The summed E-state index contributed by atoms with van der Waals surface area (Å²) in [4.78, 5) is 14.0. The molecule has 1 aliphatic rings. The van der Waals surface area contributed by atoms with E-state index in [2.05, 4.69) is 10.4 Å². The monoisotopic (exact) mass is 335 g/mol. The van der Waals surface area contributed by atoms with E-state index < -0.39 is 6.43 Å². The Morgan fingerprint density at radius 3 is 2.96 bits per heavy atom. The molecule has 0 radical (unpaired) electrons. The zero-order valence-corrected chi connectivity index (χ0v) is 13.1. The maximum Gasteiger partial charge on any atom is 0.318 e. The van der Waals surface area contributed by atoms with Crippen LogP contribution in [0.2, 0.25) is 0 Å². The van der Waals surface area contributed by atoms with E-state index in [0.29, 0.717) is 31.0 Å². The van der Waals surface area contributed by atoms with Gasteiger partial charge < -0.3 is 16.0 Å². The molecule has 0 atom stereocenters. The van der Waals surface area contributed by atoms with Crippen molar-refractivity contribution in [3.63, 3.8) is 0 Å². The number of carbonyl (C=O) groups is 1. The van der Waals surface area contributed by atoms with E-state index in [9.17, 15) is 13.6 Å². The summed E-state index contributed by atoms with van der Waals surface area (Å²) in [6.45, 7) is 1.95. The Morgan fingerprint density at radius 2 is 2.17 bits per heavy atom. The second kappa shape index (κ2) is 6.86. The quantitative estimate of drug-likeness (QED) is 0.905. The highest BCUT2D eigenvalue weighted by Crippen LogP contribution is 2.19. The minimum atomic E-state index is -2.52. The van der Waals surface area contributed by atoms with Gasteiger partial charge in [-0.25, -0.2) is 13.6 Å². The number of urea groups is 1. The van der Waals surface area contributed by atoms with Crippen molar-refractivity contribution in [3.8, 4) is 0 Å². The first-order chi connectivity index (χ1) is 11.5. The number of fused-ring (bicyclic) bond motifs is 1. The maximum atomic E-state index is 12.7. The molecule has 24 heavy (non-hydrogen) atoms. The summed E-state index contributed by atoms with van der Waals surface area (Å²) in [5.41, 5.74) is 7.18. The number of benzene rings is 1. The van der Waals surface area contributed by atoms with Gasteiger partial charge in [-0.1, -0.05) is 18.2 Å². The molecule has 2 amide bonds. The van der Waals surface area contributed by atoms with Gasteiger partial charge in [-0.05, 0) is 18.1 Å². The second-order valence-electron chi connectivity index (χ2n) is 5.76. The zero-order chi connectivity index (χ0) is 17.1. The summed E-state index contributed by atoms with van der Waals surface area (Å²) in [6.07, 6.45) is -1.74. The SMILES string of the molecule is Nc1cc2n(n1)CCCN(C(=O)NCc1cccc(C(F)F)c1)C2. The molecule has 1 aromatic carbocycles. The number of hydrogen-bond donors (Lipinski definition) is 2. The molecule has 6 nitrogen and oxygen atoms in total. The van der Waals surface area contributed by atoms with Gasteiger partial charge >= 0.3 is 6.03 Å². The predicted octanol–water partition coefficient (Wildman–Crippen LogP) is 2.52. The number of nitrogens with zero attached hydrogens (tertiary/aromatic N) is 3. The number of carbonyl (C=O) groups excluding carboxylic acids is 1. The maximum absolute atomic E-state index is 12.7. The number of alkyl halides is 2. The molecule has 0 bridgehead atoms. The van der Waals surface area contributed by atoms with Gasteiger partial charge in [-0.15, -0.1) is 0 Å². The second-order valence-corrected chi connectivity index (χ2v) is 5.76. The van der Waals surface area contributed by atoms with Crippen LogP contribution >= 0.6 is 0 Å². The lowest BCUT2D eigenvalue weighted by molar-refractivity contribution is 0.151. The van der Waals surface area contributed by atoms with E-state index in [-0.39, 0.29) is 18.1 Å². The van der Waals surface area contributed by atoms with Crippen LogP contribution in [0, 0.1) is 0 Å². The molecule has 8 heteroatoms. The van der Waals surface area contributed by atoms with Gasteiger partial charge in [0, 0.05) is 31.3 Å². The number of rotatable bonds is 3. The molecule has 0 saturated heterocycles. The van der Waals surface area contributed by atoms with Crippen LogP contribution in [0.1, 0.15) is 29.7 Å². The smallest absolute Gasteiger partial charge is 0.318 e. The van der Waals surface area contributed by atoms with Crippen molar-refractivity contribution in [2.75, 3.05) is 12.3 Å². The molecule has 1 aliphatic heterocycles. The largest absolute Gasteiger partial charge is 0.382 e. The van der Waals surface area contributed by atoms with Crippen LogP contribution in [0.3, 0.4) is 0 Å². The van der Waals surface area contributed by atoms with E-state index >= 15 is 0 Å². The summed E-state index contributed by atoms with van der Waals surface area (Å²) in [6, 6.07) is 7.59.